The Balaban J connectivity index is 1.84. The lowest BCUT2D eigenvalue weighted by atomic mass is 10.1. The van der Waals surface area contributed by atoms with E-state index in [2.05, 4.69) is 22.5 Å². The highest BCUT2D eigenvalue weighted by molar-refractivity contribution is 9.10. The van der Waals surface area contributed by atoms with Crippen LogP contribution in [0.15, 0.2) is 59.6 Å². The van der Waals surface area contributed by atoms with Crippen molar-refractivity contribution >= 4 is 33.3 Å². The highest BCUT2D eigenvalue weighted by Gasteiger charge is 2.35. The molecule has 1 heterocycles. The van der Waals surface area contributed by atoms with Gasteiger partial charge in [0.25, 0.3) is 11.8 Å². The van der Waals surface area contributed by atoms with Crippen molar-refractivity contribution in [3.8, 4) is 0 Å². The van der Waals surface area contributed by atoms with Crippen LogP contribution in [0.4, 0.5) is 0 Å². The molecule has 0 radical (unpaired) electrons. The molecule has 0 N–H and O–H groups in total. The average Bonchev–Trinajstić information content (AvgIpc) is 2.73. The second-order valence-corrected chi connectivity index (χ2v) is 5.77. The first-order chi connectivity index (χ1) is 10.1. The summed E-state index contributed by atoms with van der Waals surface area (Å²) in [5.74, 6) is -0.511. The predicted octanol–water partition coefficient (Wildman–Crippen LogP) is 3.76. The Morgan fingerprint density at radius 2 is 1.48 bits per heavy atom. The van der Waals surface area contributed by atoms with Gasteiger partial charge in [0.05, 0.1) is 17.7 Å². The van der Waals surface area contributed by atoms with Crippen LogP contribution >= 0.6 is 15.9 Å². The summed E-state index contributed by atoms with van der Waals surface area (Å²) in [5, 5.41) is 0. The van der Waals surface area contributed by atoms with E-state index in [4.69, 9.17) is 0 Å². The van der Waals surface area contributed by atoms with Crippen LogP contribution < -0.4 is 0 Å². The molecule has 4 heteroatoms. The van der Waals surface area contributed by atoms with Crippen LogP contribution in [0, 0.1) is 0 Å². The zero-order valence-corrected chi connectivity index (χ0v) is 12.8. The molecule has 0 atom stereocenters. The van der Waals surface area contributed by atoms with Crippen LogP contribution in [0.1, 0.15) is 26.3 Å². The Morgan fingerprint density at radius 3 is 2.00 bits per heavy atom. The van der Waals surface area contributed by atoms with Gasteiger partial charge in [0.2, 0.25) is 0 Å². The molecule has 1 aliphatic rings. The molecule has 0 unspecified atom stereocenters. The lowest BCUT2D eigenvalue weighted by molar-refractivity contribution is 0.0675. The fourth-order valence-electron chi connectivity index (χ4n) is 2.35. The van der Waals surface area contributed by atoms with Gasteiger partial charge in [0.1, 0.15) is 0 Å². The second kappa shape index (κ2) is 5.30. The number of carbonyl (C=O) groups excluding carboxylic acids is 2. The van der Waals surface area contributed by atoms with Gasteiger partial charge in [-0.05, 0) is 35.4 Å². The number of halogens is 1. The molecule has 0 spiro atoms. The van der Waals surface area contributed by atoms with Crippen molar-refractivity contribution in [2.75, 3.05) is 6.54 Å². The Kier molecular flexibility index (Phi) is 3.47. The van der Waals surface area contributed by atoms with E-state index in [0.717, 1.165) is 15.6 Å². The summed E-state index contributed by atoms with van der Waals surface area (Å²) in [6.45, 7) is 4.19. The maximum Gasteiger partial charge on any atom is 0.261 e. The Hall–Kier alpha value is -2.20. The summed E-state index contributed by atoms with van der Waals surface area (Å²) in [4.78, 5) is 25.8. The Morgan fingerprint density at radius 1 is 0.952 bits per heavy atom. The molecule has 2 aromatic carbocycles. The summed E-state index contributed by atoms with van der Waals surface area (Å²) in [6, 6.07) is 14.5. The Labute approximate surface area is 131 Å². The van der Waals surface area contributed by atoms with Gasteiger partial charge in [-0.2, -0.15) is 0 Å². The molecule has 2 aromatic rings. The molecule has 21 heavy (non-hydrogen) atoms. The number of nitrogens with zero attached hydrogens (tertiary/aromatic N) is 1. The van der Waals surface area contributed by atoms with Gasteiger partial charge in [0.15, 0.2) is 0 Å². The van der Waals surface area contributed by atoms with Crippen LogP contribution in [0.3, 0.4) is 0 Å². The number of hydrogen-bond donors (Lipinski definition) is 0. The number of amides is 2. The summed E-state index contributed by atoms with van der Waals surface area (Å²) < 4.78 is 0.972. The number of benzene rings is 2. The number of rotatable bonds is 3. The van der Waals surface area contributed by atoms with Gasteiger partial charge < -0.3 is 0 Å². The third-order valence-corrected chi connectivity index (χ3v) is 4.01. The molecule has 0 fully saturated rings. The maximum absolute atomic E-state index is 12.3. The molecular weight excluding hydrogens is 330 g/mol. The van der Waals surface area contributed by atoms with Gasteiger partial charge in [-0.15, -0.1) is 0 Å². The largest absolute Gasteiger partial charge is 0.270 e. The fourth-order valence-corrected chi connectivity index (χ4v) is 2.61. The first-order valence-electron chi connectivity index (χ1n) is 6.47. The normalized spacial score (nSPS) is 13.5. The molecule has 3 nitrogen and oxygen atoms in total. The minimum absolute atomic E-state index is 0.202. The molecule has 2 amide bonds. The summed E-state index contributed by atoms with van der Waals surface area (Å²) >= 11 is 3.37. The molecule has 0 saturated heterocycles. The standard InChI is InChI=1S/C17H12BrNO2/c1-11(12-6-8-13(18)9-7-12)10-19-16(20)14-4-2-3-5-15(14)17(19)21/h2-9H,1,10H2. The zero-order chi connectivity index (χ0) is 15.0. The van der Waals surface area contributed by atoms with Gasteiger partial charge in [0, 0.05) is 4.47 Å². The van der Waals surface area contributed by atoms with Crippen molar-refractivity contribution in [2.45, 2.75) is 0 Å². The van der Waals surface area contributed by atoms with Crippen molar-refractivity contribution in [3.05, 3.63) is 76.3 Å². The van der Waals surface area contributed by atoms with Crippen LogP contribution in [-0.4, -0.2) is 23.3 Å². The molecule has 1 aliphatic heterocycles. The lowest BCUT2D eigenvalue weighted by Gasteiger charge is -2.15. The summed E-state index contributed by atoms with van der Waals surface area (Å²) in [7, 11) is 0. The van der Waals surface area contributed by atoms with Crippen molar-refractivity contribution < 1.29 is 9.59 Å². The van der Waals surface area contributed by atoms with Crippen molar-refractivity contribution in [2.24, 2.45) is 0 Å². The van der Waals surface area contributed by atoms with Crippen LogP contribution in [0.5, 0.6) is 0 Å². The van der Waals surface area contributed by atoms with E-state index in [9.17, 15) is 9.59 Å². The van der Waals surface area contributed by atoms with E-state index in [1.54, 1.807) is 24.3 Å². The highest BCUT2D eigenvalue weighted by Crippen LogP contribution is 2.25. The van der Waals surface area contributed by atoms with Crippen LogP contribution in [0.25, 0.3) is 5.57 Å². The van der Waals surface area contributed by atoms with E-state index in [-0.39, 0.29) is 18.4 Å². The van der Waals surface area contributed by atoms with Gasteiger partial charge in [-0.25, -0.2) is 0 Å². The van der Waals surface area contributed by atoms with Gasteiger partial charge >= 0.3 is 0 Å². The third kappa shape index (κ3) is 2.43. The topological polar surface area (TPSA) is 37.4 Å². The minimum atomic E-state index is -0.256. The number of carbonyl (C=O) groups is 2. The minimum Gasteiger partial charge on any atom is -0.270 e. The summed E-state index contributed by atoms with van der Waals surface area (Å²) in [5.41, 5.74) is 2.57. The van der Waals surface area contributed by atoms with E-state index in [0.29, 0.717) is 11.1 Å². The lowest BCUT2D eigenvalue weighted by Crippen LogP contribution is -2.31. The first-order valence-corrected chi connectivity index (χ1v) is 7.26. The highest BCUT2D eigenvalue weighted by atomic mass is 79.9. The van der Waals surface area contributed by atoms with E-state index < -0.39 is 0 Å². The molecule has 3 rings (SSSR count). The van der Waals surface area contributed by atoms with Crippen LogP contribution in [-0.2, 0) is 0 Å². The smallest absolute Gasteiger partial charge is 0.261 e. The van der Waals surface area contributed by atoms with Crippen molar-refractivity contribution in [3.63, 3.8) is 0 Å². The first kappa shape index (κ1) is 13.8. The molecule has 104 valence electrons. The monoisotopic (exact) mass is 341 g/mol. The maximum atomic E-state index is 12.3. The molecule has 0 bridgehead atoms. The summed E-state index contributed by atoms with van der Waals surface area (Å²) in [6.07, 6.45) is 0. The molecule has 0 aromatic heterocycles. The average molecular weight is 342 g/mol. The molecule has 0 saturated carbocycles. The number of fused-ring (bicyclic) bond motifs is 1. The van der Waals surface area contributed by atoms with Crippen LogP contribution in [0.2, 0.25) is 0 Å². The predicted molar refractivity (Wildman–Crippen MR) is 85.0 cm³/mol. The third-order valence-electron chi connectivity index (χ3n) is 3.48. The zero-order valence-electron chi connectivity index (χ0n) is 11.2. The molecular formula is C17H12BrNO2. The van der Waals surface area contributed by atoms with Gasteiger partial charge in [-0.3, -0.25) is 14.5 Å². The number of hydrogen-bond acceptors (Lipinski definition) is 2. The SMILES string of the molecule is C=C(CN1C(=O)c2ccccc2C1=O)c1ccc(Br)cc1. The number of imide groups is 1. The Bertz CT molecular complexity index is 715. The van der Waals surface area contributed by atoms with Crippen molar-refractivity contribution in [1.82, 2.24) is 4.90 Å². The van der Waals surface area contributed by atoms with Gasteiger partial charge in [-0.1, -0.05) is 46.8 Å². The molecule has 0 aliphatic carbocycles. The quantitative estimate of drug-likeness (QED) is 0.797. The van der Waals surface area contributed by atoms with Crippen molar-refractivity contribution in [1.29, 1.82) is 0 Å². The van der Waals surface area contributed by atoms with E-state index >= 15 is 0 Å². The van der Waals surface area contributed by atoms with E-state index in [1.807, 2.05) is 24.3 Å². The second-order valence-electron chi connectivity index (χ2n) is 4.85. The van der Waals surface area contributed by atoms with E-state index in [1.165, 1.54) is 4.90 Å². The fraction of sp³-hybridized carbons (Fsp3) is 0.0588.